The smallest absolute Gasteiger partial charge is 0.339 e. The van der Waals surface area contributed by atoms with Gasteiger partial charge in [-0.2, -0.15) is 0 Å². The summed E-state index contributed by atoms with van der Waals surface area (Å²) in [5.74, 6) is -0.737. The van der Waals surface area contributed by atoms with Crippen molar-refractivity contribution >= 4 is 22.7 Å². The molecule has 0 aliphatic rings. The number of benzene rings is 2. The van der Waals surface area contributed by atoms with E-state index < -0.39 is 12.1 Å². The van der Waals surface area contributed by atoms with Crippen molar-refractivity contribution in [3.05, 3.63) is 77.5 Å². The lowest BCUT2D eigenvalue weighted by Crippen LogP contribution is -2.24. The predicted octanol–water partition coefficient (Wildman–Crippen LogP) is 4.23. The fraction of sp³-hybridized carbons (Fsp3) is 0.190. The molecule has 1 aromatic heterocycles. The first-order valence-electron chi connectivity index (χ1n) is 8.28. The van der Waals surface area contributed by atoms with Crippen molar-refractivity contribution < 1.29 is 14.3 Å². The highest BCUT2D eigenvalue weighted by Crippen LogP contribution is 2.18. The highest BCUT2D eigenvalue weighted by atomic mass is 16.5. The number of carbonyl (C=O) groups is 2. The first kappa shape index (κ1) is 16.8. The van der Waals surface area contributed by atoms with Crippen molar-refractivity contribution in [1.29, 1.82) is 0 Å². The molecule has 2 aromatic carbocycles. The maximum Gasteiger partial charge on any atom is 0.339 e. The third-order valence-corrected chi connectivity index (χ3v) is 4.17. The van der Waals surface area contributed by atoms with E-state index >= 15 is 0 Å². The number of hydrogen-bond donors (Lipinski definition) is 0. The quantitative estimate of drug-likeness (QED) is 0.518. The van der Waals surface area contributed by atoms with Crippen LogP contribution < -0.4 is 0 Å². The minimum Gasteiger partial charge on any atom is -0.451 e. The Morgan fingerprint density at radius 3 is 2.52 bits per heavy atom. The first-order valence-corrected chi connectivity index (χ1v) is 8.28. The summed E-state index contributed by atoms with van der Waals surface area (Å²) in [7, 11) is 0. The standard InChI is InChI=1S/C21H19NO3/c1-3-15-9-11-16(12-10-15)20(23)14(2)25-21(24)18-6-4-8-19-17(18)7-5-13-22-19/h4-14H,3H2,1-2H3/t14-/m1/s1. The van der Waals surface area contributed by atoms with Gasteiger partial charge in [0, 0.05) is 17.1 Å². The van der Waals surface area contributed by atoms with Crippen LogP contribution in [-0.4, -0.2) is 22.8 Å². The Bertz CT molecular complexity index is 911. The molecular formula is C21H19NO3. The zero-order valence-electron chi connectivity index (χ0n) is 14.2. The summed E-state index contributed by atoms with van der Waals surface area (Å²) < 4.78 is 5.40. The molecule has 0 unspecified atom stereocenters. The molecule has 3 rings (SSSR count). The third kappa shape index (κ3) is 3.58. The average molecular weight is 333 g/mol. The predicted molar refractivity (Wildman–Crippen MR) is 96.8 cm³/mol. The molecular weight excluding hydrogens is 314 g/mol. The van der Waals surface area contributed by atoms with Crippen molar-refractivity contribution in [2.45, 2.75) is 26.4 Å². The van der Waals surface area contributed by atoms with Crippen LogP contribution in [0.1, 0.15) is 40.1 Å². The second-order valence-corrected chi connectivity index (χ2v) is 5.84. The molecule has 0 bridgehead atoms. The number of ketones is 1. The Morgan fingerprint density at radius 2 is 1.80 bits per heavy atom. The molecule has 0 fully saturated rings. The number of fused-ring (bicyclic) bond motifs is 1. The van der Waals surface area contributed by atoms with Gasteiger partial charge in [-0.05, 0) is 37.1 Å². The number of ether oxygens (including phenoxy) is 1. The zero-order chi connectivity index (χ0) is 17.8. The summed E-state index contributed by atoms with van der Waals surface area (Å²) >= 11 is 0. The van der Waals surface area contributed by atoms with Crippen LogP contribution in [0.4, 0.5) is 0 Å². The Labute approximate surface area is 146 Å². The summed E-state index contributed by atoms with van der Waals surface area (Å²) in [5, 5.41) is 0.710. The van der Waals surface area contributed by atoms with E-state index in [1.165, 1.54) is 0 Å². The van der Waals surface area contributed by atoms with Gasteiger partial charge in [0.2, 0.25) is 5.78 Å². The molecule has 0 saturated heterocycles. The number of pyridine rings is 1. The number of aryl methyl sites for hydroxylation is 1. The molecule has 0 N–H and O–H groups in total. The lowest BCUT2D eigenvalue weighted by atomic mass is 10.0. The van der Waals surface area contributed by atoms with E-state index in [0.717, 1.165) is 12.0 Å². The lowest BCUT2D eigenvalue weighted by molar-refractivity contribution is 0.0320. The first-order chi connectivity index (χ1) is 12.1. The second kappa shape index (κ2) is 7.26. The van der Waals surface area contributed by atoms with Gasteiger partial charge in [-0.15, -0.1) is 0 Å². The topological polar surface area (TPSA) is 56.3 Å². The van der Waals surface area contributed by atoms with Crippen LogP contribution in [0.15, 0.2) is 60.8 Å². The van der Waals surface area contributed by atoms with Gasteiger partial charge in [-0.3, -0.25) is 9.78 Å². The maximum absolute atomic E-state index is 12.5. The highest BCUT2D eigenvalue weighted by Gasteiger charge is 2.21. The number of carbonyl (C=O) groups excluding carboxylic acids is 2. The molecule has 0 aliphatic heterocycles. The van der Waals surface area contributed by atoms with Crippen LogP contribution in [0.25, 0.3) is 10.9 Å². The van der Waals surface area contributed by atoms with Crippen LogP contribution >= 0.6 is 0 Å². The monoisotopic (exact) mass is 333 g/mol. The minimum absolute atomic E-state index is 0.214. The molecule has 0 aliphatic carbocycles. The zero-order valence-corrected chi connectivity index (χ0v) is 14.2. The van der Waals surface area contributed by atoms with Crippen molar-refractivity contribution in [2.75, 3.05) is 0 Å². The van der Waals surface area contributed by atoms with Crippen molar-refractivity contribution in [3.63, 3.8) is 0 Å². The Morgan fingerprint density at radius 1 is 1.04 bits per heavy atom. The highest BCUT2D eigenvalue weighted by molar-refractivity contribution is 6.05. The van der Waals surface area contributed by atoms with Gasteiger partial charge in [-0.25, -0.2) is 4.79 Å². The van der Waals surface area contributed by atoms with E-state index in [2.05, 4.69) is 11.9 Å². The molecule has 0 saturated carbocycles. The van der Waals surface area contributed by atoms with Crippen LogP contribution in [0, 0.1) is 0 Å². The summed E-state index contributed by atoms with van der Waals surface area (Å²) in [5.41, 5.74) is 2.82. The molecule has 0 amide bonds. The molecule has 0 radical (unpaired) electrons. The number of aromatic nitrogens is 1. The molecule has 4 nitrogen and oxygen atoms in total. The van der Waals surface area contributed by atoms with Gasteiger partial charge in [0.05, 0.1) is 11.1 Å². The number of nitrogens with zero attached hydrogens (tertiary/aromatic N) is 1. The van der Waals surface area contributed by atoms with Crippen molar-refractivity contribution in [2.24, 2.45) is 0 Å². The van der Waals surface area contributed by atoms with Crippen LogP contribution in [0.5, 0.6) is 0 Å². The van der Waals surface area contributed by atoms with Gasteiger partial charge in [0.25, 0.3) is 0 Å². The Balaban J connectivity index is 1.78. The molecule has 0 spiro atoms. The van der Waals surface area contributed by atoms with Gasteiger partial charge in [0.15, 0.2) is 6.10 Å². The molecule has 1 atom stereocenters. The van der Waals surface area contributed by atoms with E-state index in [4.69, 9.17) is 4.74 Å². The van der Waals surface area contributed by atoms with E-state index in [-0.39, 0.29) is 5.78 Å². The largest absolute Gasteiger partial charge is 0.451 e. The summed E-state index contributed by atoms with van der Waals surface area (Å²) in [6.07, 6.45) is 1.73. The van der Waals surface area contributed by atoms with Crippen LogP contribution in [0.2, 0.25) is 0 Å². The summed E-state index contributed by atoms with van der Waals surface area (Å²) in [6.45, 7) is 3.65. The van der Waals surface area contributed by atoms with Gasteiger partial charge in [0.1, 0.15) is 0 Å². The number of rotatable bonds is 5. The van der Waals surface area contributed by atoms with Gasteiger partial charge >= 0.3 is 5.97 Å². The molecule has 3 aromatic rings. The SMILES string of the molecule is CCc1ccc(C(=O)[C@@H](C)OC(=O)c2cccc3ncccc23)cc1. The number of hydrogen-bond acceptors (Lipinski definition) is 4. The molecule has 25 heavy (non-hydrogen) atoms. The number of Topliss-reactive ketones (excluding diaryl/α,β-unsaturated/α-hetero) is 1. The van der Waals surface area contributed by atoms with Crippen LogP contribution in [-0.2, 0) is 11.2 Å². The van der Waals surface area contributed by atoms with E-state index in [9.17, 15) is 9.59 Å². The van der Waals surface area contributed by atoms with Gasteiger partial charge < -0.3 is 4.74 Å². The normalized spacial score (nSPS) is 11.9. The fourth-order valence-electron chi connectivity index (χ4n) is 2.70. The molecule has 4 heteroatoms. The summed E-state index contributed by atoms with van der Waals surface area (Å²) in [6, 6.07) is 16.2. The average Bonchev–Trinajstić information content (AvgIpc) is 2.66. The fourth-order valence-corrected chi connectivity index (χ4v) is 2.70. The van der Waals surface area contributed by atoms with E-state index in [1.54, 1.807) is 43.5 Å². The summed E-state index contributed by atoms with van der Waals surface area (Å²) in [4.78, 5) is 29.2. The van der Waals surface area contributed by atoms with Crippen molar-refractivity contribution in [3.8, 4) is 0 Å². The lowest BCUT2D eigenvalue weighted by Gasteiger charge is -2.13. The maximum atomic E-state index is 12.5. The van der Waals surface area contributed by atoms with Crippen molar-refractivity contribution in [1.82, 2.24) is 4.98 Å². The Hall–Kier alpha value is -3.01. The third-order valence-electron chi connectivity index (χ3n) is 4.17. The van der Waals surface area contributed by atoms with E-state index in [1.807, 2.05) is 24.3 Å². The van der Waals surface area contributed by atoms with Gasteiger partial charge in [-0.1, -0.05) is 43.3 Å². The second-order valence-electron chi connectivity index (χ2n) is 5.84. The van der Waals surface area contributed by atoms with Crippen LogP contribution in [0.3, 0.4) is 0 Å². The Kier molecular flexibility index (Phi) is 4.89. The molecule has 1 heterocycles. The molecule has 126 valence electrons. The number of esters is 1. The van der Waals surface area contributed by atoms with E-state index in [0.29, 0.717) is 22.0 Å². The minimum atomic E-state index is -0.855.